The number of anilines is 9. The minimum Gasteiger partial charge on any atom is -0.311 e. The molecule has 2 aliphatic heterocycles. The molecule has 15 aromatic rings. The molecule has 0 saturated carbocycles. The zero-order chi connectivity index (χ0) is 58.8. The van der Waals surface area contributed by atoms with Crippen LogP contribution in [0.1, 0.15) is 0 Å². The van der Waals surface area contributed by atoms with Crippen molar-refractivity contribution in [2.24, 2.45) is 0 Å². The van der Waals surface area contributed by atoms with Crippen LogP contribution in [-0.2, 0) is 0 Å². The zero-order valence-electron chi connectivity index (χ0n) is 48.8. The normalized spacial score (nSPS) is 12.2. The largest absolute Gasteiger partial charge is 0.311 e. The van der Waals surface area contributed by atoms with E-state index in [-0.39, 0.29) is 6.71 Å². The summed E-state index contributed by atoms with van der Waals surface area (Å²) in [4.78, 5) is 7.64. The summed E-state index contributed by atoms with van der Waals surface area (Å²) in [5.41, 5.74) is 28.5. The van der Waals surface area contributed by atoms with Crippen molar-refractivity contribution in [1.29, 1.82) is 0 Å². The van der Waals surface area contributed by atoms with Gasteiger partial charge in [-0.25, -0.2) is 0 Å². The first-order valence-electron chi connectivity index (χ1n) is 30.7. The van der Waals surface area contributed by atoms with Gasteiger partial charge in [-0.2, -0.15) is 0 Å². The minimum absolute atomic E-state index is 0.198. The highest BCUT2D eigenvalue weighted by Crippen LogP contribution is 2.53. The Balaban J connectivity index is 1.04. The van der Waals surface area contributed by atoms with Crippen LogP contribution in [0, 0.1) is 0 Å². The molecular formula is C84H57BN4. The van der Waals surface area contributed by atoms with Crippen molar-refractivity contribution in [3.63, 3.8) is 0 Å². The Kier molecular flexibility index (Phi) is 12.6. The molecule has 0 amide bonds. The van der Waals surface area contributed by atoms with E-state index in [2.05, 4.69) is 365 Å². The number of benzene rings is 14. The molecule has 0 unspecified atom stereocenters. The fourth-order valence-electron chi connectivity index (χ4n) is 14.2. The maximum atomic E-state index is 2.64. The SMILES string of the molecule is c1ccc(-c2cccc(N3c4cc(-c5ccccc5)ccc4B4c5ccc6c(c5N(c5cccc(-c7ccccc7)c5)c5cc(N(c7ccccc7)c7ccccc7)cc3c54)c3ccccc3n6-c3c(-c4ccccc4)cccc3-c3ccccc3)c2)cc1. The average molecular weight is 1130 g/mol. The second-order valence-corrected chi connectivity index (χ2v) is 23.2. The van der Waals surface area contributed by atoms with E-state index < -0.39 is 0 Å². The molecule has 416 valence electrons. The smallest absolute Gasteiger partial charge is 0.252 e. The molecule has 89 heavy (non-hydrogen) atoms. The molecule has 14 aromatic carbocycles. The molecule has 2 aliphatic rings. The maximum Gasteiger partial charge on any atom is 0.252 e. The predicted molar refractivity (Wildman–Crippen MR) is 377 cm³/mol. The lowest BCUT2D eigenvalue weighted by Crippen LogP contribution is -2.61. The standard InChI is InChI=1S/C84H57BN4/c1-8-27-58(28-9-1)63-37-24-43-68(53-63)87-78-55-65(60-31-12-3-13-32-60)49-50-74(78)85-75-51-52-77-81(73-45-22-23-48-76(73)89(77)83-71(61-33-14-4-15-34-61)46-26-47-72(83)62-35-16-5-17-36-62)84(75)88(69-44-25-38-64(54-69)59-29-10-2-11-30-59)80-57-70(56-79(87)82(80)85)86(66-39-18-6-19-40-66)67-41-20-7-21-42-67/h1-57H. The van der Waals surface area contributed by atoms with E-state index in [0.717, 1.165) is 112 Å². The van der Waals surface area contributed by atoms with E-state index in [9.17, 15) is 0 Å². The molecule has 0 atom stereocenters. The Bertz CT molecular complexity index is 5030. The van der Waals surface area contributed by atoms with Gasteiger partial charge in [-0.05, 0) is 140 Å². The van der Waals surface area contributed by atoms with Gasteiger partial charge in [0.2, 0.25) is 0 Å². The van der Waals surface area contributed by atoms with Gasteiger partial charge < -0.3 is 19.3 Å². The first kappa shape index (κ1) is 51.7. The summed E-state index contributed by atoms with van der Waals surface area (Å²) in [5, 5.41) is 2.36. The molecular weight excluding hydrogens is 1080 g/mol. The van der Waals surface area contributed by atoms with Crippen LogP contribution in [-0.4, -0.2) is 11.3 Å². The lowest BCUT2D eigenvalue weighted by molar-refractivity contribution is 1.18. The van der Waals surface area contributed by atoms with Crippen molar-refractivity contribution < 1.29 is 0 Å². The van der Waals surface area contributed by atoms with Gasteiger partial charge in [-0.15, -0.1) is 0 Å². The van der Waals surface area contributed by atoms with Gasteiger partial charge in [-0.1, -0.05) is 267 Å². The number of hydrogen-bond acceptors (Lipinski definition) is 3. The van der Waals surface area contributed by atoms with Crippen LogP contribution in [0.25, 0.3) is 83.1 Å². The predicted octanol–water partition coefficient (Wildman–Crippen LogP) is 20.7. The molecule has 0 saturated heterocycles. The molecule has 5 heteroatoms. The quantitative estimate of drug-likeness (QED) is 0.120. The summed E-state index contributed by atoms with van der Waals surface area (Å²) >= 11 is 0. The summed E-state index contributed by atoms with van der Waals surface area (Å²) in [7, 11) is 0. The molecule has 0 bridgehead atoms. The summed E-state index contributed by atoms with van der Waals surface area (Å²) < 4.78 is 2.57. The van der Waals surface area contributed by atoms with Crippen molar-refractivity contribution in [1.82, 2.24) is 4.57 Å². The van der Waals surface area contributed by atoms with Crippen molar-refractivity contribution in [3.05, 3.63) is 346 Å². The van der Waals surface area contributed by atoms with E-state index in [4.69, 9.17) is 0 Å². The second kappa shape index (κ2) is 21.7. The monoisotopic (exact) mass is 1130 g/mol. The topological polar surface area (TPSA) is 14.7 Å². The molecule has 0 aliphatic carbocycles. The van der Waals surface area contributed by atoms with Crippen molar-refractivity contribution in [2.45, 2.75) is 0 Å². The van der Waals surface area contributed by atoms with Crippen LogP contribution < -0.4 is 31.1 Å². The van der Waals surface area contributed by atoms with Gasteiger partial charge in [0.1, 0.15) is 0 Å². The minimum atomic E-state index is -0.198. The second-order valence-electron chi connectivity index (χ2n) is 23.2. The van der Waals surface area contributed by atoms with Gasteiger partial charge in [0.05, 0.1) is 28.1 Å². The van der Waals surface area contributed by atoms with Crippen LogP contribution in [0.5, 0.6) is 0 Å². The maximum absolute atomic E-state index is 2.64. The van der Waals surface area contributed by atoms with Gasteiger partial charge in [0.15, 0.2) is 0 Å². The third-order valence-electron chi connectivity index (χ3n) is 18.1. The van der Waals surface area contributed by atoms with E-state index in [0.29, 0.717) is 0 Å². The average Bonchev–Trinajstić information content (AvgIpc) is 1.69. The van der Waals surface area contributed by atoms with Gasteiger partial charge in [-0.3, -0.25) is 0 Å². The fraction of sp³-hybridized carbons (Fsp3) is 0. The van der Waals surface area contributed by atoms with E-state index in [1.54, 1.807) is 0 Å². The van der Waals surface area contributed by atoms with Crippen LogP contribution in [0.2, 0.25) is 0 Å². The number of rotatable bonds is 11. The van der Waals surface area contributed by atoms with Crippen LogP contribution in [0.4, 0.5) is 51.2 Å². The Labute approximate surface area is 519 Å². The van der Waals surface area contributed by atoms with Crippen molar-refractivity contribution >= 4 is 96.1 Å². The first-order chi connectivity index (χ1) is 44.2. The Hall–Kier alpha value is -11.7. The van der Waals surface area contributed by atoms with Crippen molar-refractivity contribution in [2.75, 3.05) is 14.7 Å². The fourth-order valence-corrected chi connectivity index (χ4v) is 14.2. The third kappa shape index (κ3) is 8.77. The van der Waals surface area contributed by atoms with Crippen LogP contribution >= 0.6 is 0 Å². The number of aromatic nitrogens is 1. The number of fused-ring (bicyclic) bond motifs is 8. The number of nitrogens with zero attached hydrogens (tertiary/aromatic N) is 4. The summed E-state index contributed by atoms with van der Waals surface area (Å²) in [6.07, 6.45) is 0. The lowest BCUT2D eigenvalue weighted by Gasteiger charge is -2.45. The van der Waals surface area contributed by atoms with Crippen molar-refractivity contribution in [3.8, 4) is 61.3 Å². The molecule has 4 nitrogen and oxygen atoms in total. The van der Waals surface area contributed by atoms with Crippen LogP contribution in [0.15, 0.2) is 346 Å². The summed E-state index contributed by atoms with van der Waals surface area (Å²) in [6, 6.07) is 127. The number of hydrogen-bond donors (Lipinski definition) is 0. The Morgan fingerprint density at radius 1 is 0.258 bits per heavy atom. The highest BCUT2D eigenvalue weighted by molar-refractivity contribution is 7.00. The van der Waals surface area contributed by atoms with E-state index in [1.807, 2.05) is 0 Å². The molecule has 3 heterocycles. The number of para-hydroxylation sites is 4. The molecule has 0 fully saturated rings. The lowest BCUT2D eigenvalue weighted by atomic mass is 9.33. The zero-order valence-corrected chi connectivity index (χ0v) is 48.8. The van der Waals surface area contributed by atoms with E-state index >= 15 is 0 Å². The molecule has 17 rings (SSSR count). The molecule has 1 aromatic heterocycles. The third-order valence-corrected chi connectivity index (χ3v) is 18.1. The van der Waals surface area contributed by atoms with Crippen LogP contribution in [0.3, 0.4) is 0 Å². The van der Waals surface area contributed by atoms with Gasteiger partial charge >= 0.3 is 0 Å². The van der Waals surface area contributed by atoms with E-state index in [1.165, 1.54) is 38.3 Å². The summed E-state index contributed by atoms with van der Waals surface area (Å²) in [6.45, 7) is -0.198. The van der Waals surface area contributed by atoms with Gasteiger partial charge in [0.25, 0.3) is 6.71 Å². The van der Waals surface area contributed by atoms with Gasteiger partial charge in [0, 0.05) is 61.7 Å². The molecule has 0 N–H and O–H groups in total. The molecule has 0 spiro atoms. The highest BCUT2D eigenvalue weighted by Gasteiger charge is 2.45. The first-order valence-corrected chi connectivity index (χ1v) is 30.7. The molecule has 0 radical (unpaired) electrons. The summed E-state index contributed by atoms with van der Waals surface area (Å²) in [5.74, 6) is 0. The highest BCUT2D eigenvalue weighted by atomic mass is 15.2. The Morgan fingerprint density at radius 2 is 0.685 bits per heavy atom. The Morgan fingerprint density at radius 3 is 1.22 bits per heavy atom.